The monoisotopic (exact) mass is 310 g/mol. The lowest BCUT2D eigenvalue weighted by Gasteiger charge is -2.22. The van der Waals surface area contributed by atoms with Gasteiger partial charge in [-0.25, -0.2) is 4.79 Å². The highest BCUT2D eigenvalue weighted by Crippen LogP contribution is 2.27. The summed E-state index contributed by atoms with van der Waals surface area (Å²) in [6, 6.07) is 4.87. The Morgan fingerprint density at radius 3 is 2.59 bits per heavy atom. The van der Waals surface area contributed by atoms with Crippen molar-refractivity contribution in [3.05, 3.63) is 23.8 Å². The Hall–Kier alpha value is -1.95. The average molecular weight is 310 g/mol. The molecule has 124 valence electrons. The number of hydrogen-bond acceptors (Lipinski definition) is 5. The molecule has 1 aromatic rings. The molecule has 0 aromatic heterocycles. The first kappa shape index (κ1) is 18.1. The van der Waals surface area contributed by atoms with Gasteiger partial charge in [-0.1, -0.05) is 19.1 Å². The van der Waals surface area contributed by atoms with Crippen molar-refractivity contribution in [1.29, 1.82) is 0 Å². The van der Waals surface area contributed by atoms with Gasteiger partial charge in [-0.3, -0.25) is 0 Å². The first-order valence-electron chi connectivity index (χ1n) is 7.43. The number of rotatable bonds is 6. The van der Waals surface area contributed by atoms with Crippen LogP contribution in [-0.4, -0.2) is 34.5 Å². The van der Waals surface area contributed by atoms with E-state index in [-0.39, 0.29) is 17.5 Å². The summed E-state index contributed by atoms with van der Waals surface area (Å²) in [5, 5.41) is 25.2. The van der Waals surface area contributed by atoms with Crippen molar-refractivity contribution in [2.45, 2.75) is 52.3 Å². The fourth-order valence-electron chi connectivity index (χ4n) is 1.86. The van der Waals surface area contributed by atoms with Crippen LogP contribution < -0.4 is 10.6 Å². The van der Waals surface area contributed by atoms with Gasteiger partial charge in [-0.15, -0.1) is 0 Å². The molecule has 22 heavy (non-hydrogen) atoms. The highest BCUT2D eigenvalue weighted by Gasteiger charge is 2.17. The smallest absolute Gasteiger partial charge is 0.407 e. The second-order valence-corrected chi connectivity index (χ2v) is 6.15. The second kappa shape index (κ2) is 7.89. The van der Waals surface area contributed by atoms with Crippen LogP contribution in [0.25, 0.3) is 0 Å². The number of ether oxygens (including phenoxy) is 1. The number of hydrogen-bond donors (Lipinski definition) is 4. The van der Waals surface area contributed by atoms with Crippen LogP contribution in [0.2, 0.25) is 0 Å². The van der Waals surface area contributed by atoms with E-state index >= 15 is 0 Å². The van der Waals surface area contributed by atoms with E-state index in [1.54, 1.807) is 12.1 Å². The first-order chi connectivity index (χ1) is 10.2. The van der Waals surface area contributed by atoms with Crippen LogP contribution in [-0.2, 0) is 11.3 Å². The summed E-state index contributed by atoms with van der Waals surface area (Å²) < 4.78 is 5.18. The number of carbonyl (C=O) groups excluding carboxylic acids is 1. The zero-order valence-electron chi connectivity index (χ0n) is 13.6. The number of aromatic hydroxyl groups is 2. The molecule has 6 heteroatoms. The van der Waals surface area contributed by atoms with Crippen LogP contribution in [0.3, 0.4) is 0 Å². The lowest BCUT2D eigenvalue weighted by Crippen LogP contribution is -2.42. The number of alkyl carbamates (subject to hydrolysis) is 1. The number of amides is 1. The van der Waals surface area contributed by atoms with Crippen molar-refractivity contribution < 1.29 is 19.7 Å². The molecule has 6 nitrogen and oxygen atoms in total. The molecule has 0 aliphatic heterocycles. The minimum Gasteiger partial charge on any atom is -0.504 e. The summed E-state index contributed by atoms with van der Waals surface area (Å²) in [7, 11) is 0. The molecular weight excluding hydrogens is 284 g/mol. The normalized spacial score (nSPS) is 12.7. The van der Waals surface area contributed by atoms with Crippen LogP contribution in [0.4, 0.5) is 4.79 Å². The van der Waals surface area contributed by atoms with E-state index in [9.17, 15) is 15.0 Å². The quantitative estimate of drug-likeness (QED) is 0.606. The van der Waals surface area contributed by atoms with Gasteiger partial charge in [0, 0.05) is 24.7 Å². The molecule has 0 fully saturated rings. The van der Waals surface area contributed by atoms with Gasteiger partial charge in [0.15, 0.2) is 11.5 Å². The molecule has 1 amide bonds. The third-order valence-corrected chi connectivity index (χ3v) is 3.06. The van der Waals surface area contributed by atoms with Gasteiger partial charge < -0.3 is 25.6 Å². The van der Waals surface area contributed by atoms with Gasteiger partial charge in [-0.2, -0.15) is 0 Å². The summed E-state index contributed by atoms with van der Waals surface area (Å²) in [6.45, 7) is 8.25. The standard InChI is InChI=1S/C16H26N2O4/c1-5-12(10-18-15(21)22-16(2,3)4)17-9-11-7-6-8-13(19)14(11)20/h6-8,12,17,19-20H,5,9-10H2,1-4H3,(H,18,21). The van der Waals surface area contributed by atoms with E-state index in [2.05, 4.69) is 10.6 Å². The number of carbonyl (C=O) groups is 1. The van der Waals surface area contributed by atoms with Gasteiger partial charge in [0.2, 0.25) is 0 Å². The molecule has 4 N–H and O–H groups in total. The molecule has 0 saturated carbocycles. The largest absolute Gasteiger partial charge is 0.504 e. The second-order valence-electron chi connectivity index (χ2n) is 6.15. The minimum atomic E-state index is -0.521. The van der Waals surface area contributed by atoms with E-state index < -0.39 is 11.7 Å². The highest BCUT2D eigenvalue weighted by molar-refractivity contribution is 5.67. The molecule has 1 unspecified atom stereocenters. The Morgan fingerprint density at radius 2 is 2.00 bits per heavy atom. The Labute approximate surface area is 131 Å². The van der Waals surface area contributed by atoms with Gasteiger partial charge >= 0.3 is 6.09 Å². The predicted octanol–water partition coefficient (Wildman–Crippen LogP) is 2.49. The van der Waals surface area contributed by atoms with Gasteiger partial charge in [0.1, 0.15) is 5.60 Å². The zero-order chi connectivity index (χ0) is 16.8. The van der Waals surface area contributed by atoms with Crippen molar-refractivity contribution in [3.63, 3.8) is 0 Å². The maximum absolute atomic E-state index is 11.6. The van der Waals surface area contributed by atoms with E-state index in [0.717, 1.165) is 6.42 Å². The lowest BCUT2D eigenvalue weighted by atomic mass is 10.1. The van der Waals surface area contributed by atoms with Gasteiger partial charge in [-0.05, 0) is 33.3 Å². The maximum atomic E-state index is 11.6. The minimum absolute atomic E-state index is 0.0364. The predicted molar refractivity (Wildman–Crippen MR) is 84.9 cm³/mol. The van der Waals surface area contributed by atoms with Crippen molar-refractivity contribution in [3.8, 4) is 11.5 Å². The topological polar surface area (TPSA) is 90.8 Å². The fourth-order valence-corrected chi connectivity index (χ4v) is 1.86. The zero-order valence-corrected chi connectivity index (χ0v) is 13.6. The Morgan fingerprint density at radius 1 is 1.32 bits per heavy atom. The molecule has 0 spiro atoms. The van der Waals surface area contributed by atoms with Crippen molar-refractivity contribution in [2.75, 3.05) is 6.54 Å². The number of nitrogens with one attached hydrogen (secondary N) is 2. The third-order valence-electron chi connectivity index (χ3n) is 3.06. The average Bonchev–Trinajstić information content (AvgIpc) is 2.41. The van der Waals surface area contributed by atoms with Gasteiger partial charge in [0.25, 0.3) is 0 Å². The van der Waals surface area contributed by atoms with Crippen molar-refractivity contribution in [2.24, 2.45) is 0 Å². The molecule has 0 aliphatic carbocycles. The molecule has 0 bridgehead atoms. The van der Waals surface area contributed by atoms with E-state index in [4.69, 9.17) is 4.74 Å². The Bertz CT molecular complexity index is 497. The van der Waals surface area contributed by atoms with E-state index in [1.165, 1.54) is 6.07 Å². The molecule has 0 radical (unpaired) electrons. The lowest BCUT2D eigenvalue weighted by molar-refractivity contribution is 0.0522. The summed E-state index contributed by atoms with van der Waals surface area (Å²) in [4.78, 5) is 11.6. The van der Waals surface area contributed by atoms with Crippen LogP contribution in [0.5, 0.6) is 11.5 Å². The van der Waals surface area contributed by atoms with Crippen molar-refractivity contribution in [1.82, 2.24) is 10.6 Å². The van der Waals surface area contributed by atoms with E-state index in [0.29, 0.717) is 18.7 Å². The Kier molecular flexibility index (Phi) is 6.49. The van der Waals surface area contributed by atoms with Crippen LogP contribution in [0.15, 0.2) is 18.2 Å². The van der Waals surface area contributed by atoms with Crippen LogP contribution >= 0.6 is 0 Å². The molecule has 0 heterocycles. The molecule has 0 aliphatic rings. The van der Waals surface area contributed by atoms with Crippen LogP contribution in [0, 0.1) is 0 Å². The van der Waals surface area contributed by atoms with E-state index in [1.807, 2.05) is 27.7 Å². The summed E-state index contributed by atoms with van der Waals surface area (Å²) in [5.41, 5.74) is 0.0859. The molecule has 0 saturated heterocycles. The van der Waals surface area contributed by atoms with Crippen molar-refractivity contribution >= 4 is 6.09 Å². The molecule has 1 aromatic carbocycles. The summed E-state index contributed by atoms with van der Waals surface area (Å²) >= 11 is 0. The van der Waals surface area contributed by atoms with Gasteiger partial charge in [0.05, 0.1) is 0 Å². The SMILES string of the molecule is CCC(CNC(=O)OC(C)(C)C)NCc1cccc(O)c1O. The fraction of sp³-hybridized carbons (Fsp3) is 0.562. The highest BCUT2D eigenvalue weighted by atomic mass is 16.6. The summed E-state index contributed by atoms with van der Waals surface area (Å²) in [5.74, 6) is -0.260. The number of benzene rings is 1. The Balaban J connectivity index is 2.45. The maximum Gasteiger partial charge on any atom is 0.407 e. The number of para-hydroxylation sites is 1. The molecular formula is C16H26N2O4. The molecule has 1 atom stereocenters. The number of phenolic OH excluding ortho intramolecular Hbond substituents is 2. The summed E-state index contributed by atoms with van der Waals surface area (Å²) in [6.07, 6.45) is 0.350. The number of phenols is 2. The van der Waals surface area contributed by atoms with Crippen LogP contribution in [0.1, 0.15) is 39.7 Å². The third kappa shape index (κ3) is 6.22. The molecule has 1 rings (SSSR count). The first-order valence-corrected chi connectivity index (χ1v) is 7.43.